The highest BCUT2D eigenvalue weighted by Gasteiger charge is 2.53. The Kier molecular flexibility index (Phi) is 9.10. The summed E-state index contributed by atoms with van der Waals surface area (Å²) in [6, 6.07) is 17.4. The lowest BCUT2D eigenvalue weighted by Crippen LogP contribution is -2.65. The average Bonchev–Trinajstić information content (AvgIpc) is 2.82. The molecule has 0 bridgehead atoms. The van der Waals surface area contributed by atoms with E-state index in [9.17, 15) is 25.0 Å². The van der Waals surface area contributed by atoms with Gasteiger partial charge in [-0.15, -0.1) is 0 Å². The van der Waals surface area contributed by atoms with Crippen molar-refractivity contribution in [3.8, 4) is 0 Å². The highest BCUT2D eigenvalue weighted by Crippen LogP contribution is 2.53. The Morgan fingerprint density at radius 2 is 1.09 bits per heavy atom. The maximum atomic E-state index is 13.4. The first-order chi connectivity index (χ1) is 15.7. The van der Waals surface area contributed by atoms with Crippen LogP contribution in [0, 0.1) is 0 Å². The van der Waals surface area contributed by atoms with Gasteiger partial charge in [-0.1, -0.05) is 60.7 Å². The van der Waals surface area contributed by atoms with E-state index in [1.165, 1.54) is 0 Å². The van der Waals surface area contributed by atoms with Gasteiger partial charge in [0.15, 0.2) is 0 Å². The highest BCUT2D eigenvalue weighted by molar-refractivity contribution is 7.48. The lowest BCUT2D eigenvalue weighted by molar-refractivity contribution is -0.315. The second-order valence-electron chi connectivity index (χ2n) is 7.42. The van der Waals surface area contributed by atoms with E-state index in [1.807, 2.05) is 0 Å². The summed E-state index contributed by atoms with van der Waals surface area (Å²) in [6.45, 7) is -2.77. The predicted octanol–water partition coefficient (Wildman–Crippen LogP) is 0.0239. The molecular weight excluding hydrogens is 459 g/mol. The Morgan fingerprint density at radius 1 is 0.697 bits per heavy atom. The Balaban J connectivity index is 1.78. The minimum absolute atomic E-state index is 0.195. The Morgan fingerprint density at radius 3 is 1.48 bits per heavy atom. The Labute approximate surface area is 190 Å². The van der Waals surface area contributed by atoms with Gasteiger partial charge in [0.05, 0.1) is 13.2 Å². The van der Waals surface area contributed by atoms with Crippen LogP contribution in [0.4, 0.5) is 0 Å². The van der Waals surface area contributed by atoms with Gasteiger partial charge in [-0.2, -0.15) is 0 Å². The molecule has 0 radical (unpaired) electrons. The first-order valence-electron chi connectivity index (χ1n) is 10.1. The summed E-state index contributed by atoms with van der Waals surface area (Å²) in [5.41, 5.74) is 1.28. The number of phosphoric ester groups is 1. The molecule has 6 atom stereocenters. The van der Waals surface area contributed by atoms with Crippen LogP contribution in [0.15, 0.2) is 60.7 Å². The second-order valence-corrected chi connectivity index (χ2v) is 9.05. The van der Waals surface area contributed by atoms with E-state index < -0.39 is 50.9 Å². The number of rotatable bonds is 10. The minimum Gasteiger partial charge on any atom is -0.387 e. The molecule has 2 aromatic carbocycles. The molecule has 1 fully saturated rings. The van der Waals surface area contributed by atoms with Crippen molar-refractivity contribution in [2.24, 2.45) is 0 Å². The van der Waals surface area contributed by atoms with Crippen LogP contribution in [-0.2, 0) is 36.1 Å². The number of phosphoric acid groups is 1. The third kappa shape index (κ3) is 6.89. The summed E-state index contributed by atoms with van der Waals surface area (Å²) < 4.78 is 34.2. The predicted molar refractivity (Wildman–Crippen MR) is 112 cm³/mol. The third-order valence-electron chi connectivity index (χ3n) is 5.04. The van der Waals surface area contributed by atoms with E-state index >= 15 is 0 Å². The topological polar surface area (TPSA) is 175 Å². The van der Waals surface area contributed by atoms with E-state index in [0.29, 0.717) is 11.1 Å². The third-order valence-corrected chi connectivity index (χ3v) is 6.43. The Hall–Kier alpha value is -1.73. The van der Waals surface area contributed by atoms with E-state index in [-0.39, 0.29) is 13.2 Å². The zero-order valence-electron chi connectivity index (χ0n) is 17.4. The van der Waals surface area contributed by atoms with Gasteiger partial charge in [-0.3, -0.25) is 13.6 Å². The zero-order chi connectivity index (χ0) is 24.0. The molecule has 0 heterocycles. The number of hydrogen-bond acceptors (Lipinski definition) is 11. The van der Waals surface area contributed by atoms with Gasteiger partial charge >= 0.3 is 7.82 Å². The Bertz CT molecular complexity index is 834. The normalized spacial score (nSPS) is 28.2. The summed E-state index contributed by atoms with van der Waals surface area (Å²) in [5, 5.41) is 59.2. The highest BCUT2D eigenvalue weighted by atomic mass is 31.2. The number of hydrogen-bond donors (Lipinski definition) is 6. The maximum absolute atomic E-state index is 13.4. The summed E-state index contributed by atoms with van der Waals surface area (Å²) in [4.78, 5) is 0. The molecule has 0 aliphatic heterocycles. The molecule has 11 nitrogen and oxygen atoms in total. The van der Waals surface area contributed by atoms with Gasteiger partial charge in [0, 0.05) is 0 Å². The maximum Gasteiger partial charge on any atom is 0.475 e. The zero-order valence-corrected chi connectivity index (χ0v) is 18.3. The van der Waals surface area contributed by atoms with Crippen LogP contribution < -0.4 is 0 Å². The molecule has 1 aliphatic rings. The molecule has 2 aromatic rings. The van der Waals surface area contributed by atoms with Crippen molar-refractivity contribution < 1.29 is 53.5 Å². The molecule has 0 aromatic heterocycles. The van der Waals surface area contributed by atoms with Crippen LogP contribution in [0.5, 0.6) is 0 Å². The molecule has 12 heteroatoms. The molecule has 3 rings (SSSR count). The summed E-state index contributed by atoms with van der Waals surface area (Å²) in [7, 11) is -4.48. The molecule has 0 saturated heterocycles. The van der Waals surface area contributed by atoms with Gasteiger partial charge in [0.2, 0.25) is 0 Å². The van der Waals surface area contributed by atoms with E-state index in [0.717, 1.165) is 0 Å². The van der Waals surface area contributed by atoms with Crippen LogP contribution in [0.3, 0.4) is 0 Å². The lowest BCUT2D eigenvalue weighted by Gasteiger charge is -2.43. The van der Waals surface area contributed by atoms with Crippen LogP contribution in [0.1, 0.15) is 11.1 Å². The van der Waals surface area contributed by atoms with Gasteiger partial charge in [-0.25, -0.2) is 4.57 Å². The molecular formula is C21H27O11P. The van der Waals surface area contributed by atoms with Crippen molar-refractivity contribution in [1.29, 1.82) is 0 Å². The smallest absolute Gasteiger partial charge is 0.387 e. The largest absolute Gasteiger partial charge is 0.475 e. The van der Waals surface area contributed by atoms with Crippen molar-refractivity contribution in [3.63, 3.8) is 0 Å². The monoisotopic (exact) mass is 486 g/mol. The van der Waals surface area contributed by atoms with Crippen LogP contribution in [-0.4, -0.2) is 73.7 Å². The van der Waals surface area contributed by atoms with Gasteiger partial charge in [0.1, 0.15) is 36.6 Å². The SMILES string of the molecule is O=P(OCc1ccccc1)(OCc1ccccc1)OC1[C@@H](O)[C@H](O)C(OC(O)O)[C@@H](O)[C@H]1O. The van der Waals surface area contributed by atoms with Gasteiger partial charge < -0.3 is 35.4 Å². The fraction of sp³-hybridized carbons (Fsp3) is 0.429. The number of ether oxygens (including phenoxy) is 1. The molecule has 2 unspecified atom stereocenters. The standard InChI is InChI=1S/C21H27O11P/c22-15-17(24)20(18(25)16(23)19(15)31-21(26)27)32-33(28,29-11-13-7-3-1-4-8-13)30-12-14-9-5-2-6-10-14/h1-10,15-27H,11-12H2/t15-,16-,17-,18+,19?,20?/m0/s1. The molecule has 0 amide bonds. The average molecular weight is 486 g/mol. The summed E-state index contributed by atoms with van der Waals surface area (Å²) in [5.74, 6) is 0. The lowest BCUT2D eigenvalue weighted by atomic mass is 9.85. The number of aliphatic hydroxyl groups excluding tert-OH is 5. The van der Waals surface area contributed by atoms with Gasteiger partial charge in [-0.05, 0) is 11.1 Å². The van der Waals surface area contributed by atoms with Crippen LogP contribution in [0.2, 0.25) is 0 Å². The first kappa shape index (κ1) is 25.9. The number of aliphatic hydroxyl groups is 6. The van der Waals surface area contributed by atoms with Crippen molar-refractivity contribution >= 4 is 7.82 Å². The van der Waals surface area contributed by atoms with Crippen molar-refractivity contribution in [3.05, 3.63) is 71.8 Å². The molecule has 33 heavy (non-hydrogen) atoms. The first-order valence-corrected chi connectivity index (χ1v) is 11.6. The minimum atomic E-state index is -4.48. The number of benzene rings is 2. The molecule has 6 N–H and O–H groups in total. The molecule has 182 valence electrons. The fourth-order valence-electron chi connectivity index (χ4n) is 3.31. The quantitative estimate of drug-likeness (QED) is 0.197. The van der Waals surface area contributed by atoms with Crippen molar-refractivity contribution in [2.75, 3.05) is 0 Å². The summed E-state index contributed by atoms with van der Waals surface area (Å²) >= 11 is 0. The fourth-order valence-corrected chi connectivity index (χ4v) is 4.67. The van der Waals surface area contributed by atoms with Crippen molar-refractivity contribution in [1.82, 2.24) is 0 Å². The molecule has 0 spiro atoms. The van der Waals surface area contributed by atoms with Crippen molar-refractivity contribution in [2.45, 2.75) is 56.3 Å². The molecule has 1 aliphatic carbocycles. The van der Waals surface area contributed by atoms with E-state index in [2.05, 4.69) is 4.74 Å². The van der Waals surface area contributed by atoms with E-state index in [4.69, 9.17) is 23.8 Å². The molecule has 1 saturated carbocycles. The second kappa shape index (κ2) is 11.6. The summed E-state index contributed by atoms with van der Waals surface area (Å²) in [6.07, 6.45) is -11.3. The van der Waals surface area contributed by atoms with Crippen LogP contribution in [0.25, 0.3) is 0 Å². The van der Waals surface area contributed by atoms with Gasteiger partial charge in [0.25, 0.3) is 6.48 Å². The van der Waals surface area contributed by atoms with Crippen LogP contribution >= 0.6 is 7.82 Å². The van der Waals surface area contributed by atoms with E-state index in [1.54, 1.807) is 60.7 Å².